The van der Waals surface area contributed by atoms with E-state index >= 15 is 0 Å². The molecule has 112 valence electrons. The topological polar surface area (TPSA) is 113 Å². The van der Waals surface area contributed by atoms with Crippen molar-refractivity contribution in [3.05, 3.63) is 42.0 Å². The number of phenolic OH excluding ortho intramolecular Hbond substituents is 1. The Labute approximate surface area is 122 Å². The quantitative estimate of drug-likeness (QED) is 0.587. The summed E-state index contributed by atoms with van der Waals surface area (Å²) >= 11 is 0. The fraction of sp³-hybridized carbons (Fsp3) is 0.333. The van der Waals surface area contributed by atoms with E-state index in [4.69, 9.17) is 5.73 Å². The van der Waals surface area contributed by atoms with Crippen LogP contribution in [0.1, 0.15) is 12.0 Å². The molecule has 2 unspecified atom stereocenters. The molecule has 2 rings (SSSR count). The molecule has 1 amide bonds. The second-order valence-corrected chi connectivity index (χ2v) is 5.16. The van der Waals surface area contributed by atoms with Gasteiger partial charge in [0.1, 0.15) is 11.8 Å². The zero-order valence-corrected chi connectivity index (χ0v) is 11.4. The molecule has 1 aliphatic rings. The molecule has 1 aliphatic carbocycles. The molecule has 0 radical (unpaired) electrons. The maximum absolute atomic E-state index is 12.0. The van der Waals surface area contributed by atoms with Crippen LogP contribution in [-0.2, 0) is 16.0 Å². The minimum atomic E-state index is -1.09. The second-order valence-electron chi connectivity index (χ2n) is 5.16. The van der Waals surface area contributed by atoms with Crippen LogP contribution in [0.15, 0.2) is 36.4 Å². The van der Waals surface area contributed by atoms with Gasteiger partial charge in [-0.15, -0.1) is 0 Å². The number of nitrogens with two attached hydrogens (primary N) is 1. The van der Waals surface area contributed by atoms with Gasteiger partial charge in [-0.1, -0.05) is 24.3 Å². The molecule has 0 saturated heterocycles. The third-order valence-corrected chi connectivity index (χ3v) is 3.44. The highest BCUT2D eigenvalue weighted by Gasteiger charge is 2.27. The lowest BCUT2D eigenvalue weighted by atomic mass is 10.0. The van der Waals surface area contributed by atoms with Crippen molar-refractivity contribution in [3.63, 3.8) is 0 Å². The van der Waals surface area contributed by atoms with Crippen LogP contribution in [0.3, 0.4) is 0 Å². The number of carboxylic acids is 1. The number of carbonyl (C=O) groups excluding carboxylic acids is 1. The number of benzene rings is 1. The largest absolute Gasteiger partial charge is 0.508 e. The number of amides is 1. The smallest absolute Gasteiger partial charge is 0.326 e. The minimum absolute atomic E-state index is 0.111. The lowest BCUT2D eigenvalue weighted by Gasteiger charge is -2.17. The van der Waals surface area contributed by atoms with E-state index in [-0.39, 0.29) is 30.0 Å². The fourth-order valence-corrected chi connectivity index (χ4v) is 2.27. The number of hydrogen-bond acceptors (Lipinski definition) is 4. The number of carboxylic acid groups (broad SMARTS) is 1. The minimum Gasteiger partial charge on any atom is -0.508 e. The first-order valence-corrected chi connectivity index (χ1v) is 6.70. The zero-order chi connectivity index (χ0) is 15.4. The van der Waals surface area contributed by atoms with E-state index in [0.717, 1.165) is 5.56 Å². The second kappa shape index (κ2) is 6.41. The number of rotatable bonds is 5. The SMILES string of the molecule is NC1C=CC(C(=O)N[C@@H](Cc2ccc(O)cc2)C(=O)O)C1. The number of aliphatic carboxylic acids is 1. The monoisotopic (exact) mass is 290 g/mol. The zero-order valence-electron chi connectivity index (χ0n) is 11.4. The van der Waals surface area contributed by atoms with Crippen LogP contribution in [0.25, 0.3) is 0 Å². The highest BCUT2D eigenvalue weighted by Crippen LogP contribution is 2.17. The molecular formula is C15H18N2O4. The molecule has 21 heavy (non-hydrogen) atoms. The summed E-state index contributed by atoms with van der Waals surface area (Å²) in [6.45, 7) is 0. The molecule has 5 N–H and O–H groups in total. The van der Waals surface area contributed by atoms with E-state index < -0.39 is 12.0 Å². The average Bonchev–Trinajstić information content (AvgIpc) is 2.87. The summed E-state index contributed by atoms with van der Waals surface area (Å²) in [6, 6.07) is 5.06. The number of carbonyl (C=O) groups is 2. The molecule has 1 aromatic carbocycles. The Hall–Kier alpha value is -2.34. The van der Waals surface area contributed by atoms with Crippen LogP contribution >= 0.6 is 0 Å². The molecule has 0 spiro atoms. The lowest BCUT2D eigenvalue weighted by Crippen LogP contribution is -2.44. The molecule has 6 nitrogen and oxygen atoms in total. The van der Waals surface area contributed by atoms with Gasteiger partial charge in [0.2, 0.25) is 5.91 Å². The van der Waals surface area contributed by atoms with Gasteiger partial charge < -0.3 is 21.3 Å². The van der Waals surface area contributed by atoms with Crippen molar-refractivity contribution in [1.82, 2.24) is 5.32 Å². The molecule has 0 aromatic heterocycles. The van der Waals surface area contributed by atoms with Crippen LogP contribution in [0.5, 0.6) is 5.75 Å². The van der Waals surface area contributed by atoms with Gasteiger partial charge in [0.15, 0.2) is 0 Å². The summed E-state index contributed by atoms with van der Waals surface area (Å²) in [5.74, 6) is -1.69. The van der Waals surface area contributed by atoms with Crippen molar-refractivity contribution in [3.8, 4) is 5.75 Å². The average molecular weight is 290 g/mol. The number of hydrogen-bond donors (Lipinski definition) is 4. The van der Waals surface area contributed by atoms with Crippen LogP contribution in [0, 0.1) is 5.92 Å². The fourth-order valence-electron chi connectivity index (χ4n) is 2.27. The van der Waals surface area contributed by atoms with Crippen LogP contribution in [-0.4, -0.2) is 34.2 Å². The van der Waals surface area contributed by atoms with Crippen molar-refractivity contribution >= 4 is 11.9 Å². The molecular weight excluding hydrogens is 272 g/mol. The van der Waals surface area contributed by atoms with Gasteiger partial charge in [0, 0.05) is 12.5 Å². The van der Waals surface area contributed by atoms with Crippen molar-refractivity contribution in [2.75, 3.05) is 0 Å². The van der Waals surface area contributed by atoms with Crippen LogP contribution in [0.2, 0.25) is 0 Å². The summed E-state index contributed by atoms with van der Waals surface area (Å²) in [7, 11) is 0. The van der Waals surface area contributed by atoms with Crippen LogP contribution < -0.4 is 11.1 Å². The third-order valence-electron chi connectivity index (χ3n) is 3.44. The Morgan fingerprint density at radius 3 is 2.48 bits per heavy atom. The van der Waals surface area contributed by atoms with Crippen molar-refractivity contribution < 1.29 is 19.8 Å². The van der Waals surface area contributed by atoms with Gasteiger partial charge in [0.25, 0.3) is 0 Å². The molecule has 1 aromatic rings. The first-order valence-electron chi connectivity index (χ1n) is 6.70. The molecule has 0 fully saturated rings. The van der Waals surface area contributed by atoms with E-state index in [2.05, 4.69) is 5.32 Å². The predicted molar refractivity (Wildman–Crippen MR) is 76.6 cm³/mol. The molecule has 0 saturated carbocycles. The summed E-state index contributed by atoms with van der Waals surface area (Å²) in [6.07, 6.45) is 4.11. The summed E-state index contributed by atoms with van der Waals surface area (Å²) in [5.41, 5.74) is 6.41. The van der Waals surface area contributed by atoms with E-state index in [1.54, 1.807) is 24.3 Å². The van der Waals surface area contributed by atoms with Gasteiger partial charge in [-0.2, -0.15) is 0 Å². The van der Waals surface area contributed by atoms with E-state index in [0.29, 0.717) is 6.42 Å². The van der Waals surface area contributed by atoms with Crippen molar-refractivity contribution in [2.24, 2.45) is 11.7 Å². The Kier molecular flexibility index (Phi) is 4.59. The highest BCUT2D eigenvalue weighted by molar-refractivity contribution is 5.86. The summed E-state index contributed by atoms with van der Waals surface area (Å²) in [5, 5.41) is 21.0. The molecule has 6 heteroatoms. The van der Waals surface area contributed by atoms with Gasteiger partial charge in [-0.25, -0.2) is 4.79 Å². The summed E-state index contributed by atoms with van der Waals surface area (Å²) in [4.78, 5) is 23.3. The maximum atomic E-state index is 12.0. The van der Waals surface area contributed by atoms with Gasteiger partial charge in [-0.05, 0) is 24.1 Å². The van der Waals surface area contributed by atoms with E-state index in [1.165, 1.54) is 12.1 Å². The first-order chi connectivity index (χ1) is 9.95. The van der Waals surface area contributed by atoms with E-state index in [1.807, 2.05) is 0 Å². The van der Waals surface area contributed by atoms with Gasteiger partial charge >= 0.3 is 5.97 Å². The first kappa shape index (κ1) is 15.1. The summed E-state index contributed by atoms with van der Waals surface area (Å²) < 4.78 is 0. The Morgan fingerprint density at radius 1 is 1.29 bits per heavy atom. The lowest BCUT2D eigenvalue weighted by molar-refractivity contribution is -0.142. The highest BCUT2D eigenvalue weighted by atomic mass is 16.4. The maximum Gasteiger partial charge on any atom is 0.326 e. The van der Waals surface area contributed by atoms with Gasteiger partial charge in [0.05, 0.1) is 5.92 Å². The van der Waals surface area contributed by atoms with Gasteiger partial charge in [-0.3, -0.25) is 4.79 Å². The number of aromatic hydroxyl groups is 1. The molecule has 3 atom stereocenters. The number of phenols is 1. The van der Waals surface area contributed by atoms with Crippen molar-refractivity contribution in [2.45, 2.75) is 24.9 Å². The Morgan fingerprint density at radius 2 is 1.95 bits per heavy atom. The third kappa shape index (κ3) is 4.06. The van der Waals surface area contributed by atoms with Crippen molar-refractivity contribution in [1.29, 1.82) is 0 Å². The molecule has 0 heterocycles. The standard InChI is InChI=1S/C15H18N2O4/c16-11-4-3-10(8-11)14(19)17-13(15(20)21)7-9-1-5-12(18)6-2-9/h1-6,10-11,13,18H,7-8,16H2,(H,17,19)(H,20,21)/t10?,11?,13-/m0/s1. The normalized spacial score (nSPS) is 22.0. The Bertz CT molecular complexity index is 553. The predicted octanol–water partition coefficient (Wildman–Crippen LogP) is 0.407. The van der Waals surface area contributed by atoms with Crippen LogP contribution in [0.4, 0.5) is 0 Å². The molecule has 0 aliphatic heterocycles. The molecule has 0 bridgehead atoms. The number of nitrogens with one attached hydrogen (secondary N) is 1. The Balaban J connectivity index is 1.99. The van der Waals surface area contributed by atoms with E-state index in [9.17, 15) is 19.8 Å².